The molecule has 0 aliphatic heterocycles. The maximum absolute atomic E-state index is 11.4. The first kappa shape index (κ1) is 29.8. The number of hydrogen-bond donors (Lipinski definition) is 3. The van der Waals surface area contributed by atoms with Crippen LogP contribution in [0.3, 0.4) is 0 Å². The molecule has 3 heteroatoms. The van der Waals surface area contributed by atoms with Gasteiger partial charge in [0.25, 0.3) is 0 Å². The van der Waals surface area contributed by atoms with Crippen LogP contribution in [0.4, 0.5) is 11.4 Å². The van der Waals surface area contributed by atoms with Crippen LogP contribution >= 0.6 is 0 Å². The number of nitrogens with one attached hydrogen (secondary N) is 1. The van der Waals surface area contributed by atoms with Gasteiger partial charge >= 0.3 is 0 Å². The number of phenols is 2. The van der Waals surface area contributed by atoms with Crippen LogP contribution < -0.4 is 5.32 Å². The van der Waals surface area contributed by atoms with E-state index in [0.717, 1.165) is 61.4 Å². The zero-order chi connectivity index (χ0) is 33.2. The van der Waals surface area contributed by atoms with Crippen LogP contribution in [-0.4, -0.2) is 10.2 Å². The smallest absolute Gasteiger partial charge is 0.125 e. The standard InChI is InChI=1S/C46H33NO2/c48-44-27-26-34(30-42(44)32-12-2-1-3-13-32)33-16-9-19-37(29-33)47-43-24-11-25-45(49)46(43)41-22-7-6-21-40(41)36-18-8-17-35(28-36)39-23-10-15-31-14-4-5-20-38(31)39/h1-30,47-49H. The minimum absolute atomic E-state index is 0.199. The van der Waals surface area contributed by atoms with Crippen LogP contribution in [-0.2, 0) is 0 Å². The second-order valence-corrected chi connectivity index (χ2v) is 12.2. The van der Waals surface area contributed by atoms with Crippen molar-refractivity contribution in [3.8, 4) is 67.1 Å². The third-order valence-electron chi connectivity index (χ3n) is 9.07. The molecule has 8 aromatic rings. The Labute approximate surface area is 286 Å². The van der Waals surface area contributed by atoms with Gasteiger partial charge in [-0.05, 0) is 97.7 Å². The number of hydrogen-bond acceptors (Lipinski definition) is 3. The molecule has 0 amide bonds. The summed E-state index contributed by atoms with van der Waals surface area (Å²) in [7, 11) is 0. The minimum Gasteiger partial charge on any atom is -0.507 e. The van der Waals surface area contributed by atoms with E-state index < -0.39 is 0 Å². The van der Waals surface area contributed by atoms with Gasteiger partial charge in [0, 0.05) is 16.8 Å². The van der Waals surface area contributed by atoms with Gasteiger partial charge in [-0.15, -0.1) is 0 Å². The Kier molecular flexibility index (Phi) is 7.85. The molecule has 0 aromatic heterocycles. The van der Waals surface area contributed by atoms with Gasteiger partial charge in [-0.2, -0.15) is 0 Å². The molecule has 0 aliphatic carbocycles. The molecule has 0 saturated carbocycles. The third kappa shape index (κ3) is 5.90. The average molecular weight is 632 g/mol. The van der Waals surface area contributed by atoms with E-state index in [4.69, 9.17) is 0 Å². The lowest BCUT2D eigenvalue weighted by atomic mass is 9.90. The zero-order valence-corrected chi connectivity index (χ0v) is 26.7. The van der Waals surface area contributed by atoms with Crippen molar-refractivity contribution in [2.45, 2.75) is 0 Å². The van der Waals surface area contributed by atoms with Crippen molar-refractivity contribution in [3.63, 3.8) is 0 Å². The fraction of sp³-hybridized carbons (Fsp3) is 0. The van der Waals surface area contributed by atoms with Gasteiger partial charge in [0.2, 0.25) is 0 Å². The number of benzene rings is 8. The first-order valence-electron chi connectivity index (χ1n) is 16.4. The Balaban J connectivity index is 1.17. The molecule has 0 saturated heterocycles. The summed E-state index contributed by atoms with van der Waals surface area (Å²) in [6, 6.07) is 61.2. The molecule has 8 aromatic carbocycles. The molecule has 8 rings (SSSR count). The van der Waals surface area contributed by atoms with Gasteiger partial charge in [0.05, 0.1) is 5.69 Å². The molecule has 234 valence electrons. The molecule has 0 fully saturated rings. The van der Waals surface area contributed by atoms with E-state index in [1.807, 2.05) is 78.9 Å². The second kappa shape index (κ2) is 12.9. The molecular weight excluding hydrogens is 599 g/mol. The highest BCUT2D eigenvalue weighted by atomic mass is 16.3. The molecule has 0 atom stereocenters. The molecule has 0 aliphatic rings. The number of fused-ring (bicyclic) bond motifs is 1. The van der Waals surface area contributed by atoms with Crippen molar-refractivity contribution in [3.05, 3.63) is 182 Å². The Hall–Kier alpha value is -6.58. The molecule has 0 spiro atoms. The summed E-state index contributed by atoms with van der Waals surface area (Å²) in [6.07, 6.45) is 0. The monoisotopic (exact) mass is 631 g/mol. The topological polar surface area (TPSA) is 52.5 Å². The lowest BCUT2D eigenvalue weighted by molar-refractivity contribution is 0.477. The maximum atomic E-state index is 11.4. The van der Waals surface area contributed by atoms with Gasteiger partial charge in [0.1, 0.15) is 11.5 Å². The largest absolute Gasteiger partial charge is 0.507 e. The summed E-state index contributed by atoms with van der Waals surface area (Å²) in [5.74, 6) is 0.444. The molecule has 49 heavy (non-hydrogen) atoms. The zero-order valence-electron chi connectivity index (χ0n) is 26.7. The van der Waals surface area contributed by atoms with E-state index in [-0.39, 0.29) is 11.5 Å². The van der Waals surface area contributed by atoms with Gasteiger partial charge in [0.15, 0.2) is 0 Å². The molecule has 0 radical (unpaired) electrons. The number of rotatable bonds is 7. The first-order chi connectivity index (χ1) is 24.1. The lowest BCUT2D eigenvalue weighted by Gasteiger charge is -2.18. The Morgan fingerprint density at radius 1 is 0.347 bits per heavy atom. The SMILES string of the molecule is Oc1ccc(-c2cccc(Nc3cccc(O)c3-c3ccccc3-c3cccc(-c4cccc5ccccc45)c3)c2)cc1-c1ccccc1. The average Bonchev–Trinajstić information content (AvgIpc) is 3.15. The van der Waals surface area contributed by atoms with Gasteiger partial charge in [-0.25, -0.2) is 0 Å². The number of anilines is 2. The van der Waals surface area contributed by atoms with E-state index in [1.54, 1.807) is 12.1 Å². The predicted molar refractivity (Wildman–Crippen MR) is 204 cm³/mol. The van der Waals surface area contributed by atoms with Gasteiger partial charge < -0.3 is 15.5 Å². The van der Waals surface area contributed by atoms with Gasteiger partial charge in [-0.3, -0.25) is 0 Å². The van der Waals surface area contributed by atoms with Crippen molar-refractivity contribution in [2.75, 3.05) is 5.32 Å². The normalized spacial score (nSPS) is 11.0. The number of phenolic OH excluding ortho intramolecular Hbond substituents is 2. The number of aromatic hydroxyl groups is 2. The van der Waals surface area contributed by atoms with Gasteiger partial charge in [-0.1, -0.05) is 140 Å². The van der Waals surface area contributed by atoms with Crippen molar-refractivity contribution in [1.82, 2.24) is 0 Å². The third-order valence-corrected chi connectivity index (χ3v) is 9.07. The van der Waals surface area contributed by atoms with Crippen molar-refractivity contribution < 1.29 is 10.2 Å². The highest BCUT2D eigenvalue weighted by Gasteiger charge is 2.17. The van der Waals surface area contributed by atoms with E-state index in [2.05, 4.69) is 96.3 Å². The first-order valence-corrected chi connectivity index (χ1v) is 16.4. The van der Waals surface area contributed by atoms with E-state index in [1.165, 1.54) is 16.3 Å². The summed E-state index contributed by atoms with van der Waals surface area (Å²) in [5, 5.41) is 28.0. The summed E-state index contributed by atoms with van der Waals surface area (Å²) < 4.78 is 0. The fourth-order valence-corrected chi connectivity index (χ4v) is 6.71. The highest BCUT2D eigenvalue weighted by Crippen LogP contribution is 2.44. The summed E-state index contributed by atoms with van der Waals surface area (Å²) in [4.78, 5) is 0. The summed E-state index contributed by atoms with van der Waals surface area (Å²) in [6.45, 7) is 0. The second-order valence-electron chi connectivity index (χ2n) is 12.2. The van der Waals surface area contributed by atoms with Crippen LogP contribution in [0, 0.1) is 0 Å². The molecule has 0 heterocycles. The van der Waals surface area contributed by atoms with Crippen LogP contribution in [0.2, 0.25) is 0 Å². The Morgan fingerprint density at radius 2 is 0.959 bits per heavy atom. The van der Waals surface area contributed by atoms with Crippen LogP contribution in [0.15, 0.2) is 182 Å². The molecule has 0 bridgehead atoms. The van der Waals surface area contributed by atoms with E-state index in [9.17, 15) is 10.2 Å². The molecule has 3 nitrogen and oxygen atoms in total. The lowest BCUT2D eigenvalue weighted by Crippen LogP contribution is -1.96. The summed E-state index contributed by atoms with van der Waals surface area (Å²) >= 11 is 0. The fourth-order valence-electron chi connectivity index (χ4n) is 6.71. The molecule has 3 N–H and O–H groups in total. The van der Waals surface area contributed by atoms with Crippen LogP contribution in [0.25, 0.3) is 66.4 Å². The van der Waals surface area contributed by atoms with Crippen LogP contribution in [0.1, 0.15) is 0 Å². The predicted octanol–water partition coefficient (Wildman–Crippen LogP) is 12.3. The minimum atomic E-state index is 0.199. The Morgan fingerprint density at radius 3 is 1.84 bits per heavy atom. The van der Waals surface area contributed by atoms with E-state index >= 15 is 0 Å². The summed E-state index contributed by atoms with van der Waals surface area (Å²) in [5.41, 5.74) is 11.5. The van der Waals surface area contributed by atoms with Crippen molar-refractivity contribution in [2.24, 2.45) is 0 Å². The highest BCUT2D eigenvalue weighted by molar-refractivity contribution is 5.99. The molecular formula is C46H33NO2. The maximum Gasteiger partial charge on any atom is 0.125 e. The quantitative estimate of drug-likeness (QED) is 0.164. The van der Waals surface area contributed by atoms with Crippen molar-refractivity contribution in [1.29, 1.82) is 0 Å². The molecule has 0 unspecified atom stereocenters. The van der Waals surface area contributed by atoms with E-state index in [0.29, 0.717) is 0 Å². The van der Waals surface area contributed by atoms with Crippen molar-refractivity contribution >= 4 is 22.1 Å². The Bertz CT molecular complexity index is 2440. The van der Waals surface area contributed by atoms with Crippen LogP contribution in [0.5, 0.6) is 11.5 Å².